The van der Waals surface area contributed by atoms with Crippen LogP contribution < -0.4 is 18.9 Å². The van der Waals surface area contributed by atoms with E-state index in [2.05, 4.69) is 49.6 Å². The Morgan fingerprint density at radius 3 is 2.35 bits per heavy atom. The minimum absolute atomic E-state index is 0.0353. The maximum absolute atomic E-state index is 14.7. The third kappa shape index (κ3) is 9.80. The quantitative estimate of drug-likeness (QED) is 0.0473. The summed E-state index contributed by atoms with van der Waals surface area (Å²) in [6.45, 7) is 8.56. The lowest BCUT2D eigenvalue weighted by atomic mass is 9.55. The van der Waals surface area contributed by atoms with Gasteiger partial charge in [0, 0.05) is 37.7 Å². The molecule has 0 radical (unpaired) electrons. The van der Waals surface area contributed by atoms with E-state index in [1.54, 1.807) is 17.1 Å². The van der Waals surface area contributed by atoms with Crippen molar-refractivity contribution in [3.63, 3.8) is 0 Å². The van der Waals surface area contributed by atoms with Crippen LogP contribution >= 0.6 is 0 Å². The predicted octanol–water partition coefficient (Wildman–Crippen LogP) is 10.4. The molecule has 1 fully saturated rings. The smallest absolute Gasteiger partial charge is 0.410 e. The second-order valence-corrected chi connectivity index (χ2v) is 17.0. The van der Waals surface area contributed by atoms with Gasteiger partial charge in [0.2, 0.25) is 12.6 Å². The van der Waals surface area contributed by atoms with Crippen LogP contribution in [-0.2, 0) is 20.9 Å². The van der Waals surface area contributed by atoms with Crippen molar-refractivity contribution < 1.29 is 48.3 Å². The second kappa shape index (κ2) is 21.3. The molecule has 12 heteroatoms. The maximum atomic E-state index is 14.7. The molecule has 0 saturated heterocycles. The lowest BCUT2D eigenvalue weighted by molar-refractivity contribution is -0.256. The number of amides is 1. The molecular weight excluding hydrogens is 825 g/mol. The van der Waals surface area contributed by atoms with Crippen LogP contribution in [0.2, 0.25) is 0 Å². The predicted molar refractivity (Wildman–Crippen MR) is 248 cm³/mol. The zero-order valence-electron chi connectivity index (χ0n) is 37.1. The molecule has 2 heterocycles. The molecule has 2 N–H and O–H groups in total. The molecule has 4 aliphatic rings. The van der Waals surface area contributed by atoms with Crippen LogP contribution in [0.15, 0.2) is 133 Å². The standard InChI is InChI=1S/C53H60N2O10/c1-4-6-29-60-52(58)55(34-36-18-24-47-48(30-36)62-35-61-47)49-33-45(54-59-3)43-31-39(16-10-12-26-56)42(17-11-13-27-57)50-44-32-41(23-25-46(44)65-53(49,51(43)50)63-28-5-2)64-40-21-19-38(20-22-40)37-14-8-7-9-15-37/h4-5,7-9,14-15,18-25,30-32,39,42,49-51,56-57H,1-2,6,10-13,16-17,26-29,33-35H2,3H3. The Hall–Kier alpha value is -6.08. The number of hydrogen-bond acceptors (Lipinski definition) is 11. The van der Waals surface area contributed by atoms with E-state index in [9.17, 15) is 15.0 Å². The Morgan fingerprint density at radius 1 is 0.862 bits per heavy atom. The first-order valence-corrected chi connectivity index (χ1v) is 22.8. The Balaban J connectivity index is 1.28. The van der Waals surface area contributed by atoms with Gasteiger partial charge in [0.1, 0.15) is 30.4 Å². The van der Waals surface area contributed by atoms with Crippen LogP contribution in [0.25, 0.3) is 11.1 Å². The highest BCUT2D eigenvalue weighted by atomic mass is 16.7. The summed E-state index contributed by atoms with van der Waals surface area (Å²) in [6, 6.07) is 29.1. The Labute approximate surface area is 381 Å². The summed E-state index contributed by atoms with van der Waals surface area (Å²) < 4.78 is 38.5. The maximum Gasteiger partial charge on any atom is 0.410 e. The number of oxime groups is 1. The monoisotopic (exact) mass is 884 g/mol. The highest BCUT2D eigenvalue weighted by Crippen LogP contribution is 2.62. The Bertz CT molecular complexity index is 2330. The van der Waals surface area contributed by atoms with E-state index < -0.39 is 23.8 Å². The summed E-state index contributed by atoms with van der Waals surface area (Å²) in [6.07, 6.45) is 10.4. The van der Waals surface area contributed by atoms with E-state index in [0.717, 1.165) is 53.5 Å². The van der Waals surface area contributed by atoms with Crippen molar-refractivity contribution >= 4 is 11.8 Å². The third-order valence-electron chi connectivity index (χ3n) is 13.0. The van der Waals surface area contributed by atoms with Crippen molar-refractivity contribution in [3.05, 3.63) is 139 Å². The number of allylic oxidation sites excluding steroid dienone is 1. The largest absolute Gasteiger partial charge is 0.459 e. The molecule has 0 bridgehead atoms. The molecule has 0 aromatic heterocycles. The minimum atomic E-state index is -1.47. The van der Waals surface area contributed by atoms with Crippen molar-refractivity contribution in [1.29, 1.82) is 0 Å². The summed E-state index contributed by atoms with van der Waals surface area (Å²) in [7, 11) is 1.53. The fourth-order valence-corrected chi connectivity index (χ4v) is 10.2. The van der Waals surface area contributed by atoms with Crippen molar-refractivity contribution in [1.82, 2.24) is 4.90 Å². The second-order valence-electron chi connectivity index (χ2n) is 17.0. The Kier molecular flexibility index (Phi) is 14.9. The summed E-state index contributed by atoms with van der Waals surface area (Å²) in [5.74, 6) is 1.07. The molecule has 1 amide bonds. The zero-order valence-corrected chi connectivity index (χ0v) is 37.1. The van der Waals surface area contributed by atoms with Gasteiger partial charge >= 0.3 is 6.09 Å². The molecule has 65 heavy (non-hydrogen) atoms. The number of aliphatic hydroxyl groups is 2. The van der Waals surface area contributed by atoms with Gasteiger partial charge in [-0.05, 0) is 109 Å². The van der Waals surface area contributed by atoms with Gasteiger partial charge in [0.25, 0.3) is 0 Å². The van der Waals surface area contributed by atoms with Crippen LogP contribution in [0.4, 0.5) is 4.79 Å². The van der Waals surface area contributed by atoms with Crippen LogP contribution in [0, 0.1) is 17.8 Å². The first kappa shape index (κ1) is 45.5. The fourth-order valence-electron chi connectivity index (χ4n) is 10.2. The molecule has 6 unspecified atom stereocenters. The average Bonchev–Trinajstić information content (AvgIpc) is 3.81. The molecular formula is C53H60N2O10. The van der Waals surface area contributed by atoms with E-state index in [1.807, 2.05) is 60.7 Å². The number of fused-ring (bicyclic) bond motifs is 3. The summed E-state index contributed by atoms with van der Waals surface area (Å²) in [5.41, 5.74) is 5.56. The molecule has 342 valence electrons. The van der Waals surface area contributed by atoms with Crippen LogP contribution in [0.5, 0.6) is 28.7 Å². The number of aliphatic hydroxyl groups excluding tert-OH is 2. The van der Waals surface area contributed by atoms with Crippen molar-refractivity contribution in [3.8, 4) is 39.9 Å². The first-order chi connectivity index (χ1) is 31.9. The van der Waals surface area contributed by atoms with Crippen molar-refractivity contribution in [2.45, 2.75) is 75.7 Å². The normalized spacial score (nSPS) is 23.0. The van der Waals surface area contributed by atoms with E-state index in [1.165, 1.54) is 7.11 Å². The summed E-state index contributed by atoms with van der Waals surface area (Å²) in [4.78, 5) is 22.0. The molecule has 6 atom stereocenters. The molecule has 4 aromatic rings. The molecule has 2 aliphatic heterocycles. The third-order valence-corrected chi connectivity index (χ3v) is 13.0. The molecule has 12 nitrogen and oxygen atoms in total. The molecule has 4 aromatic carbocycles. The van der Waals surface area contributed by atoms with E-state index in [0.29, 0.717) is 53.7 Å². The number of ether oxygens (including phenoxy) is 6. The fraction of sp³-hybridized carbons (Fsp3) is 0.396. The van der Waals surface area contributed by atoms with Gasteiger partial charge in [-0.25, -0.2) is 4.79 Å². The van der Waals surface area contributed by atoms with Crippen molar-refractivity contribution in [2.75, 3.05) is 40.3 Å². The SMILES string of the molecule is C=CCCOC(=O)N(Cc1ccc2c(c1)OCO2)C1CC(=NOC)C2=CC(CCCCO)C(CCCCO)C3c4cc(Oc5ccc(-c6ccccc6)cc5)ccc4OC1(OCC=C)C23. The van der Waals surface area contributed by atoms with E-state index >= 15 is 0 Å². The van der Waals surface area contributed by atoms with Gasteiger partial charge in [-0.3, -0.25) is 4.90 Å². The van der Waals surface area contributed by atoms with Crippen LogP contribution in [0.1, 0.15) is 68.4 Å². The number of nitrogens with zero attached hydrogens (tertiary/aromatic N) is 2. The Morgan fingerprint density at radius 2 is 1.60 bits per heavy atom. The zero-order chi connectivity index (χ0) is 45.2. The van der Waals surface area contributed by atoms with Gasteiger partial charge in [0.05, 0.1) is 24.8 Å². The van der Waals surface area contributed by atoms with Gasteiger partial charge < -0.3 is 43.5 Å². The van der Waals surface area contributed by atoms with Gasteiger partial charge in [-0.2, -0.15) is 0 Å². The van der Waals surface area contributed by atoms with Crippen LogP contribution in [-0.4, -0.2) is 79.1 Å². The van der Waals surface area contributed by atoms with Crippen LogP contribution in [0.3, 0.4) is 0 Å². The van der Waals surface area contributed by atoms with Gasteiger partial charge in [0.15, 0.2) is 11.5 Å². The lowest BCUT2D eigenvalue weighted by Crippen LogP contribution is -2.70. The van der Waals surface area contributed by atoms with Crippen molar-refractivity contribution in [2.24, 2.45) is 22.9 Å². The minimum Gasteiger partial charge on any atom is -0.459 e. The number of unbranched alkanes of at least 4 members (excludes halogenated alkanes) is 2. The number of carbonyl (C=O) groups is 1. The molecule has 8 rings (SSSR count). The lowest BCUT2D eigenvalue weighted by Gasteiger charge is -2.59. The van der Waals surface area contributed by atoms with E-state index in [-0.39, 0.29) is 63.9 Å². The number of rotatable bonds is 21. The molecule has 1 saturated carbocycles. The van der Waals surface area contributed by atoms with Gasteiger partial charge in [-0.1, -0.05) is 84.8 Å². The molecule has 2 aliphatic carbocycles. The van der Waals surface area contributed by atoms with E-state index in [4.69, 9.17) is 38.4 Å². The highest BCUT2D eigenvalue weighted by Gasteiger charge is 2.65. The molecule has 0 spiro atoms. The topological polar surface area (TPSA) is 138 Å². The first-order valence-electron chi connectivity index (χ1n) is 22.8. The summed E-state index contributed by atoms with van der Waals surface area (Å²) in [5, 5.41) is 24.6. The highest BCUT2D eigenvalue weighted by molar-refractivity contribution is 6.03. The number of carbonyl (C=O) groups excluding carboxylic acids is 1. The average molecular weight is 885 g/mol. The number of benzene rings is 4. The van der Waals surface area contributed by atoms with Gasteiger partial charge in [-0.15, -0.1) is 13.2 Å². The number of hydrogen-bond donors (Lipinski definition) is 2. The summed E-state index contributed by atoms with van der Waals surface area (Å²) >= 11 is 0.